The van der Waals surface area contributed by atoms with E-state index in [4.69, 9.17) is 17.0 Å². The van der Waals surface area contributed by atoms with Gasteiger partial charge in [0.25, 0.3) is 0 Å². The number of benzene rings is 1. The molecule has 0 aliphatic heterocycles. The number of hydrogen-bond donors (Lipinski definition) is 1. The molecule has 1 aromatic carbocycles. The first kappa shape index (κ1) is 12.7. The van der Waals surface area contributed by atoms with Gasteiger partial charge in [-0.2, -0.15) is 0 Å². The molecule has 0 radical (unpaired) electrons. The monoisotopic (exact) mass is 276 g/mol. The van der Waals surface area contributed by atoms with Gasteiger partial charge in [-0.05, 0) is 57.0 Å². The van der Waals surface area contributed by atoms with Crippen molar-refractivity contribution < 1.29 is 4.74 Å². The normalized spacial score (nSPS) is 15.9. The molecule has 1 aliphatic rings. The maximum Gasteiger partial charge on any atom is 0.178 e. The molecule has 0 saturated heterocycles. The molecular weight excluding hydrogens is 256 g/mol. The molecule has 0 bridgehead atoms. The lowest BCUT2D eigenvalue weighted by Gasteiger charge is -2.25. The Kier molecular flexibility index (Phi) is 3.35. The molecule has 2 aromatic rings. The number of hydrogen-bond acceptors (Lipinski definition) is 2. The smallest absolute Gasteiger partial charge is 0.178 e. The van der Waals surface area contributed by atoms with Gasteiger partial charge in [0.2, 0.25) is 0 Å². The highest BCUT2D eigenvalue weighted by atomic mass is 32.1. The topological polar surface area (TPSA) is 29.9 Å². The summed E-state index contributed by atoms with van der Waals surface area (Å²) in [5.41, 5.74) is 2.19. The first-order chi connectivity index (χ1) is 9.15. The van der Waals surface area contributed by atoms with E-state index in [2.05, 4.69) is 15.6 Å². The van der Waals surface area contributed by atoms with Gasteiger partial charge in [0.05, 0.1) is 11.6 Å². The molecule has 0 amide bonds. The van der Waals surface area contributed by atoms with Crippen molar-refractivity contribution >= 4 is 23.3 Å². The van der Waals surface area contributed by atoms with Crippen LogP contribution in [0.15, 0.2) is 18.2 Å². The fourth-order valence-electron chi connectivity index (χ4n) is 2.62. The maximum absolute atomic E-state index is 5.85. The van der Waals surface area contributed by atoms with Crippen LogP contribution in [0, 0.1) is 10.7 Å². The number of fused-ring (bicyclic) bond motifs is 1. The summed E-state index contributed by atoms with van der Waals surface area (Å²) in [6, 6.07) is 6.16. The Morgan fingerprint density at radius 2 is 2.21 bits per heavy atom. The first-order valence-electron chi connectivity index (χ1n) is 7.03. The molecule has 1 heterocycles. The average Bonchev–Trinajstić information content (AvgIpc) is 2.61. The van der Waals surface area contributed by atoms with Crippen molar-refractivity contribution in [1.82, 2.24) is 9.55 Å². The van der Waals surface area contributed by atoms with E-state index in [-0.39, 0.29) is 6.10 Å². The van der Waals surface area contributed by atoms with Crippen molar-refractivity contribution in [3.05, 3.63) is 23.0 Å². The Labute approximate surface area is 118 Å². The van der Waals surface area contributed by atoms with Gasteiger partial charge < -0.3 is 14.3 Å². The summed E-state index contributed by atoms with van der Waals surface area (Å²) in [6.45, 7) is 5.11. The Bertz CT molecular complexity index is 637. The molecule has 19 heavy (non-hydrogen) atoms. The van der Waals surface area contributed by atoms with E-state index in [1.54, 1.807) is 0 Å². The van der Waals surface area contributed by atoms with Crippen LogP contribution in [0.4, 0.5) is 0 Å². The zero-order valence-corrected chi connectivity index (χ0v) is 12.3. The van der Waals surface area contributed by atoms with Gasteiger partial charge in [-0.3, -0.25) is 0 Å². The van der Waals surface area contributed by atoms with Crippen molar-refractivity contribution in [1.29, 1.82) is 0 Å². The molecular formula is C15H20N2OS. The van der Waals surface area contributed by atoms with Crippen molar-refractivity contribution in [3.8, 4) is 5.75 Å². The zero-order valence-electron chi connectivity index (χ0n) is 11.5. The largest absolute Gasteiger partial charge is 0.489 e. The number of rotatable bonds is 4. The van der Waals surface area contributed by atoms with Crippen LogP contribution in [0.3, 0.4) is 0 Å². The second kappa shape index (κ2) is 5.00. The average molecular weight is 276 g/mol. The van der Waals surface area contributed by atoms with E-state index in [0.29, 0.717) is 0 Å². The first-order valence-corrected chi connectivity index (χ1v) is 7.44. The van der Waals surface area contributed by atoms with Crippen LogP contribution in [0.1, 0.15) is 33.1 Å². The number of aromatic nitrogens is 2. The van der Waals surface area contributed by atoms with Gasteiger partial charge in [-0.1, -0.05) is 12.5 Å². The van der Waals surface area contributed by atoms with Crippen LogP contribution >= 0.6 is 12.2 Å². The van der Waals surface area contributed by atoms with Crippen molar-refractivity contribution in [3.63, 3.8) is 0 Å². The van der Waals surface area contributed by atoms with Crippen LogP contribution in [-0.4, -0.2) is 15.7 Å². The van der Waals surface area contributed by atoms with Gasteiger partial charge in [0.15, 0.2) is 4.77 Å². The third kappa shape index (κ3) is 2.41. The Hall–Kier alpha value is -1.29. The fourth-order valence-corrected chi connectivity index (χ4v) is 2.90. The van der Waals surface area contributed by atoms with Gasteiger partial charge in [0, 0.05) is 6.54 Å². The molecule has 0 atom stereocenters. The van der Waals surface area contributed by atoms with Crippen LogP contribution in [0.25, 0.3) is 11.0 Å². The highest BCUT2D eigenvalue weighted by Gasteiger charge is 2.20. The van der Waals surface area contributed by atoms with Crippen LogP contribution < -0.4 is 4.74 Å². The molecule has 102 valence electrons. The molecule has 1 fully saturated rings. The highest BCUT2D eigenvalue weighted by molar-refractivity contribution is 7.71. The van der Waals surface area contributed by atoms with Gasteiger partial charge in [-0.15, -0.1) is 0 Å². The lowest BCUT2D eigenvalue weighted by molar-refractivity contribution is 0.245. The third-order valence-electron chi connectivity index (χ3n) is 3.80. The lowest BCUT2D eigenvalue weighted by Crippen LogP contribution is -2.18. The van der Waals surface area contributed by atoms with Crippen LogP contribution in [0.5, 0.6) is 5.75 Å². The molecule has 1 saturated carbocycles. The molecule has 1 N–H and O–H groups in total. The summed E-state index contributed by atoms with van der Waals surface area (Å²) in [4.78, 5) is 3.31. The Morgan fingerprint density at radius 3 is 2.84 bits per heavy atom. The summed E-state index contributed by atoms with van der Waals surface area (Å²) < 4.78 is 8.88. The Morgan fingerprint density at radius 1 is 1.42 bits per heavy atom. The van der Waals surface area contributed by atoms with E-state index in [1.165, 1.54) is 19.3 Å². The number of para-hydroxylation sites is 1. The summed E-state index contributed by atoms with van der Waals surface area (Å²) >= 11 is 5.47. The number of H-pyrrole nitrogens is 1. The predicted octanol–water partition coefficient (Wildman–Crippen LogP) is 4.29. The summed E-state index contributed by atoms with van der Waals surface area (Å²) in [7, 11) is 0. The number of nitrogens with zero attached hydrogens (tertiary/aromatic N) is 1. The second-order valence-corrected chi connectivity index (χ2v) is 6.04. The molecule has 4 heteroatoms. The summed E-state index contributed by atoms with van der Waals surface area (Å²) in [5.74, 6) is 1.69. The van der Waals surface area contributed by atoms with E-state index in [0.717, 1.165) is 34.0 Å². The molecule has 0 spiro atoms. The van der Waals surface area contributed by atoms with Crippen molar-refractivity contribution in [2.45, 2.75) is 45.8 Å². The second-order valence-electron chi connectivity index (χ2n) is 5.65. The molecule has 1 aromatic heterocycles. The zero-order chi connectivity index (χ0) is 13.4. The van der Waals surface area contributed by atoms with Gasteiger partial charge in [0.1, 0.15) is 11.3 Å². The van der Waals surface area contributed by atoms with E-state index in [1.807, 2.05) is 26.0 Å². The van der Waals surface area contributed by atoms with Crippen molar-refractivity contribution in [2.24, 2.45) is 5.92 Å². The minimum Gasteiger partial charge on any atom is -0.489 e. The minimum atomic E-state index is 0.169. The lowest BCUT2D eigenvalue weighted by atomic mass is 9.85. The van der Waals surface area contributed by atoms with Crippen molar-refractivity contribution in [2.75, 3.05) is 0 Å². The highest BCUT2D eigenvalue weighted by Crippen LogP contribution is 2.31. The molecule has 3 nitrogen and oxygen atoms in total. The van der Waals surface area contributed by atoms with E-state index >= 15 is 0 Å². The third-order valence-corrected chi connectivity index (χ3v) is 4.12. The maximum atomic E-state index is 5.85. The van der Waals surface area contributed by atoms with E-state index in [9.17, 15) is 0 Å². The molecule has 3 rings (SSSR count). The fraction of sp³-hybridized carbons (Fsp3) is 0.533. The van der Waals surface area contributed by atoms with Gasteiger partial charge >= 0.3 is 0 Å². The standard InChI is InChI=1S/C15H20N2OS/c1-10(2)18-13-8-4-7-12-14(13)16-15(19)17(12)9-11-5-3-6-11/h4,7-8,10-11H,3,5-6,9H2,1-2H3,(H,16,19). The summed E-state index contributed by atoms with van der Waals surface area (Å²) in [5, 5.41) is 0. The molecule has 1 aliphatic carbocycles. The molecule has 0 unspecified atom stereocenters. The van der Waals surface area contributed by atoms with E-state index < -0.39 is 0 Å². The summed E-state index contributed by atoms with van der Waals surface area (Å²) in [6.07, 6.45) is 4.19. The number of nitrogens with one attached hydrogen (secondary N) is 1. The number of imidazole rings is 1. The SMILES string of the molecule is CC(C)Oc1cccc2c1[nH]c(=S)n2CC1CCC1. The van der Waals surface area contributed by atoms with Gasteiger partial charge in [-0.25, -0.2) is 0 Å². The number of ether oxygens (including phenoxy) is 1. The predicted molar refractivity (Wildman–Crippen MR) is 80.2 cm³/mol. The minimum absolute atomic E-state index is 0.169. The number of aromatic amines is 1. The quantitative estimate of drug-likeness (QED) is 0.844. The van der Waals surface area contributed by atoms with Crippen LogP contribution in [0.2, 0.25) is 0 Å². The van der Waals surface area contributed by atoms with Crippen LogP contribution in [-0.2, 0) is 6.54 Å². The Balaban J connectivity index is 2.03.